The van der Waals surface area contributed by atoms with Crippen LogP contribution < -0.4 is 0 Å². The van der Waals surface area contributed by atoms with E-state index in [-0.39, 0.29) is 18.4 Å². The second kappa shape index (κ2) is 7.27. The summed E-state index contributed by atoms with van der Waals surface area (Å²) in [7, 11) is 1.76. The third kappa shape index (κ3) is 5.17. The van der Waals surface area contributed by atoms with Crippen LogP contribution in [0.5, 0.6) is 0 Å². The van der Waals surface area contributed by atoms with E-state index < -0.39 is 0 Å². The molecule has 5 heteroatoms. The summed E-state index contributed by atoms with van der Waals surface area (Å²) >= 11 is 0. The summed E-state index contributed by atoms with van der Waals surface area (Å²) in [6.07, 6.45) is 3.39. The Morgan fingerprint density at radius 3 is 2.41 bits per heavy atom. The number of rotatable bonds is 5. The van der Waals surface area contributed by atoms with Gasteiger partial charge in [-0.3, -0.25) is 14.5 Å². The molecule has 1 rings (SSSR count). The minimum Gasteiger partial charge on any atom is -0.465 e. The maximum Gasteiger partial charge on any atom is 0.320 e. The second-order valence-electron chi connectivity index (χ2n) is 4.42. The summed E-state index contributed by atoms with van der Waals surface area (Å²) in [5, 5.41) is 0. The van der Waals surface area contributed by atoms with Crippen LogP contribution in [0.3, 0.4) is 0 Å². The van der Waals surface area contributed by atoms with Crippen LogP contribution in [-0.4, -0.2) is 61.5 Å². The summed E-state index contributed by atoms with van der Waals surface area (Å²) in [6, 6.07) is 0. The molecule has 0 spiro atoms. The van der Waals surface area contributed by atoms with Gasteiger partial charge in [-0.15, -0.1) is 0 Å². The topological polar surface area (TPSA) is 49.9 Å². The van der Waals surface area contributed by atoms with Crippen molar-refractivity contribution < 1.29 is 14.3 Å². The molecule has 0 radical (unpaired) electrons. The molecule has 0 aliphatic carbocycles. The molecular weight excluding hydrogens is 220 g/mol. The average Bonchev–Trinajstić information content (AvgIpc) is 2.30. The van der Waals surface area contributed by atoms with Gasteiger partial charge in [-0.25, -0.2) is 0 Å². The lowest BCUT2D eigenvalue weighted by Gasteiger charge is -2.28. The van der Waals surface area contributed by atoms with E-state index in [1.165, 1.54) is 6.42 Å². The van der Waals surface area contributed by atoms with Crippen molar-refractivity contribution in [3.05, 3.63) is 0 Å². The van der Waals surface area contributed by atoms with Crippen molar-refractivity contribution >= 4 is 11.9 Å². The maximum absolute atomic E-state index is 11.9. The SMILES string of the molecule is CCOC(=O)CN(C)CC(=O)N1CCCCC1. The Balaban J connectivity index is 2.26. The minimum absolute atomic E-state index is 0.108. The molecule has 0 atom stereocenters. The molecule has 0 unspecified atom stereocenters. The molecule has 1 amide bonds. The van der Waals surface area contributed by atoms with E-state index in [1.807, 2.05) is 4.90 Å². The third-order valence-corrected chi connectivity index (χ3v) is 2.82. The van der Waals surface area contributed by atoms with E-state index in [2.05, 4.69) is 0 Å². The molecule has 1 heterocycles. The molecule has 1 fully saturated rings. The monoisotopic (exact) mass is 242 g/mol. The fraction of sp³-hybridized carbons (Fsp3) is 0.833. The van der Waals surface area contributed by atoms with Crippen LogP contribution in [0.1, 0.15) is 26.2 Å². The van der Waals surface area contributed by atoms with E-state index in [9.17, 15) is 9.59 Å². The summed E-state index contributed by atoms with van der Waals surface area (Å²) in [5.74, 6) is -0.169. The van der Waals surface area contributed by atoms with Gasteiger partial charge >= 0.3 is 5.97 Å². The molecule has 0 N–H and O–H groups in total. The molecular formula is C12H22N2O3. The molecule has 0 bridgehead atoms. The zero-order valence-electron chi connectivity index (χ0n) is 10.8. The average molecular weight is 242 g/mol. The number of amides is 1. The van der Waals surface area contributed by atoms with Crippen molar-refractivity contribution in [1.29, 1.82) is 0 Å². The molecule has 0 aromatic heterocycles. The van der Waals surface area contributed by atoms with Gasteiger partial charge in [0.2, 0.25) is 5.91 Å². The predicted octanol–water partition coefficient (Wildman–Crippen LogP) is 0.494. The highest BCUT2D eigenvalue weighted by molar-refractivity contribution is 5.79. The Kier molecular flexibility index (Phi) is 5.97. The lowest BCUT2D eigenvalue weighted by molar-refractivity contribution is -0.144. The molecule has 0 saturated carbocycles. The quantitative estimate of drug-likeness (QED) is 0.659. The normalized spacial score (nSPS) is 16.1. The summed E-state index contributed by atoms with van der Waals surface area (Å²) in [6.45, 7) is 4.33. The van der Waals surface area contributed by atoms with Crippen LogP contribution in [-0.2, 0) is 14.3 Å². The number of piperidine rings is 1. The Morgan fingerprint density at radius 2 is 1.82 bits per heavy atom. The van der Waals surface area contributed by atoms with Gasteiger partial charge in [-0.05, 0) is 33.2 Å². The van der Waals surface area contributed by atoms with Crippen LogP contribution in [0, 0.1) is 0 Å². The molecule has 1 saturated heterocycles. The highest BCUT2D eigenvalue weighted by Gasteiger charge is 2.18. The minimum atomic E-state index is -0.276. The lowest BCUT2D eigenvalue weighted by Crippen LogP contribution is -2.43. The van der Waals surface area contributed by atoms with Crippen molar-refractivity contribution in [1.82, 2.24) is 9.80 Å². The fourth-order valence-corrected chi connectivity index (χ4v) is 1.96. The van der Waals surface area contributed by atoms with E-state index in [0.29, 0.717) is 13.2 Å². The first-order chi connectivity index (χ1) is 8.13. The van der Waals surface area contributed by atoms with Crippen LogP contribution >= 0.6 is 0 Å². The van der Waals surface area contributed by atoms with Crippen molar-refractivity contribution in [2.45, 2.75) is 26.2 Å². The van der Waals surface area contributed by atoms with Crippen molar-refractivity contribution in [2.75, 3.05) is 39.8 Å². The first kappa shape index (κ1) is 14.0. The Hall–Kier alpha value is -1.10. The molecule has 17 heavy (non-hydrogen) atoms. The first-order valence-electron chi connectivity index (χ1n) is 6.25. The number of esters is 1. The Bertz CT molecular complexity index is 262. The third-order valence-electron chi connectivity index (χ3n) is 2.82. The zero-order chi connectivity index (χ0) is 12.7. The zero-order valence-corrected chi connectivity index (χ0v) is 10.8. The highest BCUT2D eigenvalue weighted by atomic mass is 16.5. The van der Waals surface area contributed by atoms with Gasteiger partial charge < -0.3 is 9.64 Å². The second-order valence-corrected chi connectivity index (χ2v) is 4.42. The van der Waals surface area contributed by atoms with E-state index in [4.69, 9.17) is 4.74 Å². The van der Waals surface area contributed by atoms with Crippen LogP contribution in [0.4, 0.5) is 0 Å². The van der Waals surface area contributed by atoms with Crippen molar-refractivity contribution in [3.8, 4) is 0 Å². The van der Waals surface area contributed by atoms with Gasteiger partial charge in [0.1, 0.15) is 0 Å². The number of likely N-dealkylation sites (N-methyl/N-ethyl adjacent to an activating group) is 1. The smallest absolute Gasteiger partial charge is 0.320 e. The highest BCUT2D eigenvalue weighted by Crippen LogP contribution is 2.08. The number of ether oxygens (including phenoxy) is 1. The molecule has 1 aliphatic heterocycles. The number of carbonyl (C=O) groups is 2. The van der Waals surface area contributed by atoms with Gasteiger partial charge in [-0.1, -0.05) is 0 Å². The Labute approximate surface area is 103 Å². The van der Waals surface area contributed by atoms with Gasteiger partial charge in [-0.2, -0.15) is 0 Å². The maximum atomic E-state index is 11.9. The number of hydrogen-bond donors (Lipinski definition) is 0. The molecule has 5 nitrogen and oxygen atoms in total. The van der Waals surface area contributed by atoms with Crippen LogP contribution in [0.2, 0.25) is 0 Å². The number of hydrogen-bond acceptors (Lipinski definition) is 4. The Morgan fingerprint density at radius 1 is 1.18 bits per heavy atom. The van der Waals surface area contributed by atoms with E-state index in [1.54, 1.807) is 18.9 Å². The standard InChI is InChI=1S/C12H22N2O3/c1-3-17-12(16)10-13(2)9-11(15)14-7-5-4-6-8-14/h3-10H2,1-2H3. The molecule has 1 aliphatic rings. The lowest BCUT2D eigenvalue weighted by atomic mass is 10.1. The number of nitrogens with zero attached hydrogens (tertiary/aromatic N) is 2. The van der Waals surface area contributed by atoms with E-state index in [0.717, 1.165) is 25.9 Å². The predicted molar refractivity (Wildman–Crippen MR) is 64.6 cm³/mol. The van der Waals surface area contributed by atoms with Gasteiger partial charge in [0, 0.05) is 13.1 Å². The number of carbonyl (C=O) groups excluding carboxylic acids is 2. The van der Waals surface area contributed by atoms with Crippen LogP contribution in [0.15, 0.2) is 0 Å². The van der Waals surface area contributed by atoms with Crippen molar-refractivity contribution in [3.63, 3.8) is 0 Å². The van der Waals surface area contributed by atoms with Gasteiger partial charge in [0.25, 0.3) is 0 Å². The summed E-state index contributed by atoms with van der Waals surface area (Å²) < 4.78 is 4.83. The largest absolute Gasteiger partial charge is 0.465 e. The fourth-order valence-electron chi connectivity index (χ4n) is 1.96. The number of likely N-dealkylation sites (tertiary alicyclic amines) is 1. The summed E-state index contributed by atoms with van der Waals surface area (Å²) in [4.78, 5) is 26.7. The van der Waals surface area contributed by atoms with Crippen molar-refractivity contribution in [2.24, 2.45) is 0 Å². The molecule has 98 valence electrons. The first-order valence-corrected chi connectivity index (χ1v) is 6.25. The van der Waals surface area contributed by atoms with E-state index >= 15 is 0 Å². The van der Waals surface area contributed by atoms with Crippen LogP contribution in [0.25, 0.3) is 0 Å². The van der Waals surface area contributed by atoms with Gasteiger partial charge in [0.15, 0.2) is 0 Å². The summed E-state index contributed by atoms with van der Waals surface area (Å²) in [5.41, 5.74) is 0. The molecule has 0 aromatic rings. The molecule has 0 aromatic carbocycles. The van der Waals surface area contributed by atoms with Gasteiger partial charge in [0.05, 0.1) is 19.7 Å².